The van der Waals surface area contributed by atoms with Crippen LogP contribution in [0.3, 0.4) is 0 Å². The van der Waals surface area contributed by atoms with E-state index in [1.165, 1.54) is 55.3 Å². The molecular weight excluding hydrogens is 372 g/mol. The summed E-state index contributed by atoms with van der Waals surface area (Å²) < 4.78 is 0. The summed E-state index contributed by atoms with van der Waals surface area (Å²) in [6.07, 6.45) is 15.8. The minimum Gasteiger partial charge on any atom is -0.0843 e. The van der Waals surface area contributed by atoms with Crippen molar-refractivity contribution in [1.82, 2.24) is 0 Å². The van der Waals surface area contributed by atoms with Crippen LogP contribution in [0.15, 0.2) is 106 Å². The van der Waals surface area contributed by atoms with E-state index in [2.05, 4.69) is 92.8 Å². The summed E-state index contributed by atoms with van der Waals surface area (Å²) in [7, 11) is 0. The van der Waals surface area contributed by atoms with Crippen molar-refractivity contribution >= 4 is 33.5 Å². The third kappa shape index (κ3) is 1.56. The second kappa shape index (κ2) is 4.83. The third-order valence-corrected chi connectivity index (χ3v) is 8.24. The summed E-state index contributed by atoms with van der Waals surface area (Å²) >= 11 is 6.69. The molecule has 2 atom stereocenters. The first kappa shape index (κ1) is 16.0. The Morgan fingerprint density at radius 3 is 2.14 bits per heavy atom. The van der Waals surface area contributed by atoms with Crippen LogP contribution in [-0.2, 0) is 0 Å². The maximum atomic E-state index is 6.69. The van der Waals surface area contributed by atoms with E-state index in [9.17, 15) is 0 Å². The fourth-order valence-corrected chi connectivity index (χ4v) is 6.71. The van der Waals surface area contributed by atoms with Gasteiger partial charge in [0, 0.05) is 15.9 Å². The summed E-state index contributed by atoms with van der Waals surface area (Å²) in [5.41, 5.74) is 10.7. The molecule has 2 aromatic carbocycles. The Bertz CT molecular complexity index is 1410. The fraction of sp³-hybridized carbons (Fsp3) is 0.143. The van der Waals surface area contributed by atoms with Crippen molar-refractivity contribution in [3.63, 3.8) is 0 Å². The van der Waals surface area contributed by atoms with Crippen LogP contribution in [0.2, 0.25) is 0 Å². The van der Waals surface area contributed by atoms with Crippen LogP contribution < -0.4 is 0 Å². The Kier molecular flexibility index (Phi) is 2.67. The fourth-order valence-electron chi connectivity index (χ4n) is 6.48. The van der Waals surface area contributed by atoms with Gasteiger partial charge in [0.05, 0.1) is 0 Å². The summed E-state index contributed by atoms with van der Waals surface area (Å²) in [6, 6.07) is 13.4. The van der Waals surface area contributed by atoms with Gasteiger partial charge in [-0.25, -0.2) is 0 Å². The quantitative estimate of drug-likeness (QED) is 0.436. The lowest BCUT2D eigenvalue weighted by Crippen LogP contribution is -2.48. The molecule has 0 spiro atoms. The second-order valence-corrected chi connectivity index (χ2v) is 9.42. The zero-order chi connectivity index (χ0) is 19.5. The van der Waals surface area contributed by atoms with E-state index in [1.807, 2.05) is 0 Å². The molecule has 7 rings (SSSR count). The second-order valence-electron chi connectivity index (χ2n) is 8.98. The van der Waals surface area contributed by atoms with Crippen molar-refractivity contribution in [3.8, 4) is 0 Å². The summed E-state index contributed by atoms with van der Waals surface area (Å²) in [5, 5.41) is 3.51. The Balaban J connectivity index is 1.72. The molecule has 5 aliphatic carbocycles. The van der Waals surface area contributed by atoms with Crippen molar-refractivity contribution in [3.05, 3.63) is 117 Å². The number of halogens is 1. The minimum absolute atomic E-state index is 0.116. The van der Waals surface area contributed by atoms with Crippen LogP contribution in [-0.4, -0.2) is 0 Å². The molecule has 0 radical (unpaired) electrons. The highest BCUT2D eigenvalue weighted by Crippen LogP contribution is 2.72. The van der Waals surface area contributed by atoms with Gasteiger partial charge in [0.1, 0.15) is 0 Å². The van der Waals surface area contributed by atoms with Crippen molar-refractivity contribution < 1.29 is 0 Å². The summed E-state index contributed by atoms with van der Waals surface area (Å²) in [5.74, 6) is 0. The van der Waals surface area contributed by atoms with Gasteiger partial charge in [0.15, 0.2) is 0 Å². The van der Waals surface area contributed by atoms with Gasteiger partial charge in [-0.2, -0.15) is 0 Å². The van der Waals surface area contributed by atoms with E-state index in [0.29, 0.717) is 0 Å². The molecule has 1 heteroatoms. The molecule has 0 heterocycles. The maximum absolute atomic E-state index is 6.69. The van der Waals surface area contributed by atoms with Gasteiger partial charge in [0.2, 0.25) is 0 Å². The van der Waals surface area contributed by atoms with Gasteiger partial charge in [-0.15, -0.1) is 0 Å². The minimum atomic E-state index is -0.144. The number of benzene rings is 2. The van der Waals surface area contributed by atoms with Gasteiger partial charge >= 0.3 is 0 Å². The zero-order valence-corrected chi connectivity index (χ0v) is 17.1. The maximum Gasteiger partial charge on any atom is 0.0412 e. The number of allylic oxidation sites excluding steroid dienone is 14. The van der Waals surface area contributed by atoms with Crippen molar-refractivity contribution in [2.75, 3.05) is 0 Å². The van der Waals surface area contributed by atoms with Crippen molar-refractivity contribution in [2.24, 2.45) is 10.8 Å². The van der Waals surface area contributed by atoms with Crippen molar-refractivity contribution in [1.29, 1.82) is 0 Å². The Labute approximate surface area is 175 Å². The molecule has 0 saturated heterocycles. The molecule has 0 aromatic heterocycles. The number of hydrogen-bond acceptors (Lipinski definition) is 0. The van der Waals surface area contributed by atoms with Crippen LogP contribution in [0, 0.1) is 10.8 Å². The van der Waals surface area contributed by atoms with Gasteiger partial charge in [-0.05, 0) is 67.5 Å². The standard InChI is InChI=1S/C28H19Cl/c1-27-17-8-5-11-22(27)25-20-9-3-6-16-7-4-10-21(24(16)20)26(25)23-15-19(29)14-18(13-12-17)28(23,27)2/h3-15H,1-2H3/t27-,28-/m0/s1. The van der Waals surface area contributed by atoms with Crippen LogP contribution in [0.25, 0.3) is 21.9 Å². The predicted molar refractivity (Wildman–Crippen MR) is 122 cm³/mol. The lowest BCUT2D eigenvalue weighted by Gasteiger charge is -2.58. The Morgan fingerprint density at radius 1 is 0.724 bits per heavy atom. The van der Waals surface area contributed by atoms with Gasteiger partial charge in [-0.3, -0.25) is 0 Å². The molecule has 0 aliphatic heterocycles. The first-order valence-corrected chi connectivity index (χ1v) is 10.6. The molecule has 138 valence electrons. The molecule has 0 unspecified atom stereocenters. The Hall–Kier alpha value is -2.83. The average Bonchev–Trinajstić information content (AvgIpc) is 3.04. The molecule has 0 fully saturated rings. The van der Waals surface area contributed by atoms with E-state index < -0.39 is 0 Å². The molecule has 0 nitrogen and oxygen atoms in total. The zero-order valence-electron chi connectivity index (χ0n) is 16.4. The van der Waals surface area contributed by atoms with Crippen LogP contribution in [0.1, 0.15) is 25.0 Å². The molecule has 0 N–H and O–H groups in total. The normalized spacial score (nSPS) is 30.2. The SMILES string of the molecule is C[C@]12C3=CC=C4C=C(Cl)C=C(C5=C(C1=CC=C3)c1cccc3cccc5c13)[C@]42C. The number of rotatable bonds is 0. The first-order chi connectivity index (χ1) is 14.0. The van der Waals surface area contributed by atoms with Crippen molar-refractivity contribution in [2.45, 2.75) is 13.8 Å². The highest BCUT2D eigenvalue weighted by atomic mass is 35.5. The van der Waals surface area contributed by atoms with Crippen LogP contribution >= 0.6 is 11.6 Å². The monoisotopic (exact) mass is 390 g/mol. The Morgan fingerprint density at radius 2 is 1.38 bits per heavy atom. The molecule has 5 aliphatic rings. The summed E-state index contributed by atoms with van der Waals surface area (Å²) in [6.45, 7) is 4.84. The number of fused-ring (bicyclic) bond motifs is 4. The van der Waals surface area contributed by atoms with Crippen LogP contribution in [0.4, 0.5) is 0 Å². The first-order valence-electron chi connectivity index (χ1n) is 10.2. The van der Waals surface area contributed by atoms with Gasteiger partial charge in [-0.1, -0.05) is 92.2 Å². The highest BCUT2D eigenvalue weighted by Gasteiger charge is 2.60. The molecule has 2 aromatic rings. The summed E-state index contributed by atoms with van der Waals surface area (Å²) in [4.78, 5) is 0. The topological polar surface area (TPSA) is 0 Å². The molecule has 0 amide bonds. The lowest BCUT2D eigenvalue weighted by molar-refractivity contribution is 0.254. The molecule has 0 bridgehead atoms. The van der Waals surface area contributed by atoms with E-state index in [-0.39, 0.29) is 10.8 Å². The third-order valence-electron chi connectivity index (χ3n) is 8.02. The molecular formula is C28H19Cl. The number of hydrogen-bond donors (Lipinski definition) is 0. The molecule has 29 heavy (non-hydrogen) atoms. The smallest absolute Gasteiger partial charge is 0.0412 e. The van der Waals surface area contributed by atoms with E-state index in [4.69, 9.17) is 11.6 Å². The van der Waals surface area contributed by atoms with E-state index in [1.54, 1.807) is 0 Å². The van der Waals surface area contributed by atoms with Gasteiger partial charge < -0.3 is 0 Å². The largest absolute Gasteiger partial charge is 0.0843 e. The van der Waals surface area contributed by atoms with E-state index in [0.717, 1.165) is 5.03 Å². The lowest BCUT2D eigenvalue weighted by atomic mass is 9.44. The van der Waals surface area contributed by atoms with E-state index >= 15 is 0 Å². The van der Waals surface area contributed by atoms with Gasteiger partial charge in [0.25, 0.3) is 0 Å². The van der Waals surface area contributed by atoms with Crippen LogP contribution in [0.5, 0.6) is 0 Å². The average molecular weight is 391 g/mol. The highest BCUT2D eigenvalue weighted by molar-refractivity contribution is 6.32. The molecule has 0 saturated carbocycles. The predicted octanol–water partition coefficient (Wildman–Crippen LogP) is 7.52.